The fourth-order valence-electron chi connectivity index (χ4n) is 3.98. The number of hydrogen-bond donors (Lipinski definition) is 2. The highest BCUT2D eigenvalue weighted by Crippen LogP contribution is 2.29. The molecule has 0 fully saturated rings. The Balaban J connectivity index is 1.72. The van der Waals surface area contributed by atoms with Crippen LogP contribution in [0.5, 0.6) is 0 Å². The third-order valence-electron chi connectivity index (χ3n) is 5.46. The zero-order valence-electron chi connectivity index (χ0n) is 17.4. The number of rotatable bonds is 12. The van der Waals surface area contributed by atoms with Gasteiger partial charge >= 0.3 is 11.9 Å². The van der Waals surface area contributed by atoms with Gasteiger partial charge in [0.05, 0.1) is 12.0 Å². The number of carboxylic acid groups (broad SMARTS) is 2. The van der Waals surface area contributed by atoms with Gasteiger partial charge in [0, 0.05) is 23.9 Å². The fraction of sp³-hybridized carbons (Fsp3) is 0.320. The predicted molar refractivity (Wildman–Crippen MR) is 119 cm³/mol. The van der Waals surface area contributed by atoms with Crippen molar-refractivity contribution in [1.82, 2.24) is 4.57 Å². The van der Waals surface area contributed by atoms with Gasteiger partial charge in [0.25, 0.3) is 0 Å². The van der Waals surface area contributed by atoms with Gasteiger partial charge in [-0.25, -0.2) is 4.79 Å². The number of fused-ring (bicyclic) bond motifs is 1. The number of carbonyl (C=O) groups excluding carboxylic acids is 1. The maximum atomic E-state index is 12.7. The second kappa shape index (κ2) is 10.6. The molecule has 162 valence electrons. The van der Waals surface area contributed by atoms with Gasteiger partial charge in [0.1, 0.15) is 5.69 Å². The van der Waals surface area contributed by atoms with E-state index in [1.807, 2.05) is 30.3 Å². The molecule has 0 bridgehead atoms. The van der Waals surface area contributed by atoms with Crippen molar-refractivity contribution in [2.75, 3.05) is 0 Å². The molecule has 0 radical (unpaired) electrons. The highest BCUT2D eigenvalue weighted by molar-refractivity contribution is 6.15. The Morgan fingerprint density at radius 3 is 2.16 bits per heavy atom. The van der Waals surface area contributed by atoms with Crippen molar-refractivity contribution in [3.05, 3.63) is 71.4 Å². The van der Waals surface area contributed by atoms with Crippen LogP contribution in [0.1, 0.15) is 64.9 Å². The molecule has 0 aliphatic carbocycles. The highest BCUT2D eigenvalue weighted by atomic mass is 16.4. The quantitative estimate of drug-likeness (QED) is 0.310. The van der Waals surface area contributed by atoms with E-state index in [1.54, 1.807) is 16.7 Å². The standard InChI is InChI=1S/C25H27NO5/c27-21(15-16-22(28)29)23-19-13-7-8-14-20(19)26(24(23)25(30)31)17-9-2-1-4-10-18-11-5-3-6-12-18/h3,5-8,11-14H,1-2,4,9-10,15-17H2,(H,28,29)(H,30,31). The first kappa shape index (κ1) is 22.3. The molecule has 1 heterocycles. The van der Waals surface area contributed by atoms with E-state index in [0.717, 1.165) is 32.1 Å². The summed E-state index contributed by atoms with van der Waals surface area (Å²) < 4.78 is 1.70. The Labute approximate surface area is 181 Å². The normalized spacial score (nSPS) is 11.0. The van der Waals surface area contributed by atoms with E-state index >= 15 is 0 Å². The van der Waals surface area contributed by atoms with Gasteiger partial charge < -0.3 is 14.8 Å². The monoisotopic (exact) mass is 421 g/mol. The number of aliphatic carboxylic acids is 1. The molecule has 0 aliphatic heterocycles. The zero-order chi connectivity index (χ0) is 22.2. The third-order valence-corrected chi connectivity index (χ3v) is 5.46. The molecule has 0 atom stereocenters. The maximum Gasteiger partial charge on any atom is 0.353 e. The third kappa shape index (κ3) is 5.60. The smallest absolute Gasteiger partial charge is 0.353 e. The van der Waals surface area contributed by atoms with Gasteiger partial charge in [-0.2, -0.15) is 0 Å². The van der Waals surface area contributed by atoms with Crippen LogP contribution in [0.4, 0.5) is 0 Å². The van der Waals surface area contributed by atoms with Crippen LogP contribution in [0.3, 0.4) is 0 Å². The minimum atomic E-state index is -1.17. The molecule has 2 N–H and O–H groups in total. The summed E-state index contributed by atoms with van der Waals surface area (Å²) in [5, 5.41) is 19.3. The van der Waals surface area contributed by atoms with Crippen LogP contribution in [0, 0.1) is 0 Å². The predicted octanol–water partition coefficient (Wildman–Crippen LogP) is 5.19. The molecule has 3 rings (SSSR count). The summed E-state index contributed by atoms with van der Waals surface area (Å²) >= 11 is 0. The van der Waals surface area contributed by atoms with Crippen LogP contribution in [0.2, 0.25) is 0 Å². The SMILES string of the molecule is O=C(O)CCC(=O)c1c(C(=O)O)n(CCCCCCc2ccccc2)c2ccccc12. The summed E-state index contributed by atoms with van der Waals surface area (Å²) in [5.41, 5.74) is 2.09. The van der Waals surface area contributed by atoms with E-state index in [0.29, 0.717) is 17.4 Å². The first-order chi connectivity index (χ1) is 15.0. The summed E-state index contributed by atoms with van der Waals surface area (Å²) in [5.74, 6) is -2.69. The number of hydrogen-bond acceptors (Lipinski definition) is 3. The van der Waals surface area contributed by atoms with Crippen LogP contribution >= 0.6 is 0 Å². The van der Waals surface area contributed by atoms with Crippen LogP contribution in [-0.2, 0) is 17.8 Å². The molecule has 2 aromatic carbocycles. The van der Waals surface area contributed by atoms with Gasteiger partial charge in [-0.05, 0) is 30.9 Å². The van der Waals surface area contributed by atoms with Crippen molar-refractivity contribution in [1.29, 1.82) is 0 Å². The van der Waals surface area contributed by atoms with E-state index < -0.39 is 17.7 Å². The minimum Gasteiger partial charge on any atom is -0.481 e. The number of nitrogens with zero attached hydrogens (tertiary/aromatic N) is 1. The van der Waals surface area contributed by atoms with E-state index in [-0.39, 0.29) is 24.1 Å². The molecule has 0 aliphatic rings. The maximum absolute atomic E-state index is 12.7. The van der Waals surface area contributed by atoms with Crippen LogP contribution < -0.4 is 0 Å². The second-order valence-electron chi connectivity index (χ2n) is 7.66. The van der Waals surface area contributed by atoms with Crippen molar-refractivity contribution in [2.45, 2.75) is 51.5 Å². The highest BCUT2D eigenvalue weighted by Gasteiger charge is 2.26. The van der Waals surface area contributed by atoms with Gasteiger partial charge in [0.15, 0.2) is 5.78 Å². The Morgan fingerprint density at radius 2 is 1.45 bits per heavy atom. The number of ketones is 1. The molecule has 6 heteroatoms. The molecule has 1 aromatic heterocycles. The molecule has 31 heavy (non-hydrogen) atoms. The Hall–Kier alpha value is -3.41. The Bertz CT molecular complexity index is 1070. The van der Waals surface area contributed by atoms with Crippen molar-refractivity contribution in [3.8, 4) is 0 Å². The first-order valence-corrected chi connectivity index (χ1v) is 10.6. The number of aryl methyl sites for hydroxylation is 2. The van der Waals surface area contributed by atoms with Crippen LogP contribution in [0.25, 0.3) is 10.9 Å². The fourth-order valence-corrected chi connectivity index (χ4v) is 3.98. The summed E-state index contributed by atoms with van der Waals surface area (Å²) in [7, 11) is 0. The summed E-state index contributed by atoms with van der Waals surface area (Å²) in [4.78, 5) is 35.6. The first-order valence-electron chi connectivity index (χ1n) is 10.6. The number of unbranched alkanes of at least 4 members (excludes halogenated alkanes) is 3. The molecule has 0 amide bonds. The number of benzene rings is 2. The second-order valence-corrected chi connectivity index (χ2v) is 7.66. The average molecular weight is 421 g/mol. The van der Waals surface area contributed by atoms with Gasteiger partial charge in [-0.1, -0.05) is 61.4 Å². The zero-order valence-corrected chi connectivity index (χ0v) is 17.4. The molecule has 0 saturated heterocycles. The molecular formula is C25H27NO5. The molecule has 0 spiro atoms. The number of Topliss-reactive ketones (excluding diaryl/α,β-unsaturated/α-hetero) is 1. The molecule has 6 nitrogen and oxygen atoms in total. The van der Waals surface area contributed by atoms with Crippen molar-refractivity contribution in [2.24, 2.45) is 0 Å². The van der Waals surface area contributed by atoms with Gasteiger partial charge in [-0.3, -0.25) is 9.59 Å². The molecule has 3 aromatic rings. The molecular weight excluding hydrogens is 394 g/mol. The lowest BCUT2D eigenvalue weighted by Gasteiger charge is -2.09. The number of carboxylic acids is 2. The number of carbonyl (C=O) groups is 3. The number of para-hydroxylation sites is 1. The van der Waals surface area contributed by atoms with Crippen molar-refractivity contribution >= 4 is 28.6 Å². The Morgan fingerprint density at radius 1 is 0.774 bits per heavy atom. The van der Waals surface area contributed by atoms with E-state index in [2.05, 4.69) is 12.1 Å². The lowest BCUT2D eigenvalue weighted by Crippen LogP contribution is -2.14. The average Bonchev–Trinajstić information content (AvgIpc) is 3.10. The van der Waals surface area contributed by atoms with Gasteiger partial charge in [0.2, 0.25) is 0 Å². The van der Waals surface area contributed by atoms with E-state index in [9.17, 15) is 19.5 Å². The summed E-state index contributed by atoms with van der Waals surface area (Å²) in [6.07, 6.45) is 4.36. The number of aromatic carboxylic acids is 1. The molecule has 0 unspecified atom stereocenters. The lowest BCUT2D eigenvalue weighted by atomic mass is 10.0. The summed E-state index contributed by atoms with van der Waals surface area (Å²) in [6, 6.07) is 17.4. The number of aromatic nitrogens is 1. The molecule has 0 saturated carbocycles. The van der Waals surface area contributed by atoms with E-state index in [4.69, 9.17) is 5.11 Å². The van der Waals surface area contributed by atoms with Gasteiger partial charge in [-0.15, -0.1) is 0 Å². The minimum absolute atomic E-state index is 0.0409. The van der Waals surface area contributed by atoms with Crippen LogP contribution in [0.15, 0.2) is 54.6 Å². The largest absolute Gasteiger partial charge is 0.481 e. The summed E-state index contributed by atoms with van der Waals surface area (Å²) in [6.45, 7) is 0.500. The van der Waals surface area contributed by atoms with Crippen molar-refractivity contribution < 1.29 is 24.6 Å². The topological polar surface area (TPSA) is 96.6 Å². The van der Waals surface area contributed by atoms with Crippen LogP contribution in [-0.4, -0.2) is 32.5 Å². The Kier molecular flexibility index (Phi) is 7.60. The van der Waals surface area contributed by atoms with E-state index in [1.165, 1.54) is 5.56 Å². The lowest BCUT2D eigenvalue weighted by molar-refractivity contribution is -0.136. The van der Waals surface area contributed by atoms with Crippen molar-refractivity contribution in [3.63, 3.8) is 0 Å².